The van der Waals surface area contributed by atoms with Gasteiger partial charge in [0.1, 0.15) is 0 Å². The molecule has 1 saturated heterocycles. The van der Waals surface area contributed by atoms with Gasteiger partial charge in [0.25, 0.3) is 0 Å². The highest BCUT2D eigenvalue weighted by Gasteiger charge is 2.23. The Morgan fingerprint density at radius 1 is 1.47 bits per heavy atom. The second-order valence-electron chi connectivity index (χ2n) is 4.26. The summed E-state index contributed by atoms with van der Waals surface area (Å²) in [5.74, 6) is 0.697. The normalized spacial score (nSPS) is 28.2. The molecule has 0 aromatic heterocycles. The third-order valence-electron chi connectivity index (χ3n) is 2.69. The van der Waals surface area contributed by atoms with E-state index in [4.69, 9.17) is 4.74 Å². The molecule has 0 aliphatic carbocycles. The number of amidine groups is 1. The first-order valence-electron chi connectivity index (χ1n) is 5.56. The summed E-state index contributed by atoms with van der Waals surface area (Å²) in [5.41, 5.74) is 3.37. The van der Waals surface area contributed by atoms with Crippen LogP contribution in [0.4, 0.5) is 0 Å². The Morgan fingerprint density at radius 3 is 2.80 bits per heavy atom. The van der Waals surface area contributed by atoms with E-state index in [1.54, 1.807) is 0 Å². The number of hydrogen-bond acceptors (Lipinski definition) is 5. The molecule has 1 fully saturated rings. The molecule has 15 heavy (non-hydrogen) atoms. The van der Waals surface area contributed by atoms with E-state index < -0.39 is 0 Å². The van der Waals surface area contributed by atoms with Crippen LogP contribution < -0.4 is 5.43 Å². The van der Waals surface area contributed by atoms with Gasteiger partial charge in [0, 0.05) is 18.3 Å². The smallest absolute Gasteiger partial charge is 0.171 e. The van der Waals surface area contributed by atoms with Gasteiger partial charge in [-0.15, -0.1) is 0 Å². The van der Waals surface area contributed by atoms with Crippen molar-refractivity contribution in [1.82, 2.24) is 10.4 Å². The predicted molar refractivity (Wildman–Crippen MR) is 64.0 cm³/mol. The molecule has 1 N–H and O–H groups in total. The summed E-state index contributed by atoms with van der Waals surface area (Å²) in [4.78, 5) is 4.52. The van der Waals surface area contributed by atoms with Crippen LogP contribution in [0.25, 0.3) is 0 Å². The third-order valence-corrected chi connectivity index (χ3v) is 4.13. The van der Waals surface area contributed by atoms with E-state index in [1.807, 2.05) is 11.8 Å². The Labute approximate surface area is 95.4 Å². The van der Waals surface area contributed by atoms with Gasteiger partial charge in [-0.3, -0.25) is 10.4 Å². The molecule has 1 atom stereocenters. The largest absolute Gasteiger partial charge is 0.379 e. The number of nitrogens with zero attached hydrogens (tertiary/aromatic N) is 2. The number of ether oxygens (including phenoxy) is 1. The molecular weight excluding hydrogens is 210 g/mol. The van der Waals surface area contributed by atoms with E-state index in [0.29, 0.717) is 11.2 Å². The highest BCUT2D eigenvalue weighted by atomic mass is 32.2. The van der Waals surface area contributed by atoms with Crippen LogP contribution in [0.3, 0.4) is 0 Å². The van der Waals surface area contributed by atoms with Crippen molar-refractivity contribution in [2.75, 3.05) is 32.8 Å². The summed E-state index contributed by atoms with van der Waals surface area (Å²) in [6.07, 6.45) is 0. The van der Waals surface area contributed by atoms with Gasteiger partial charge in [-0.2, -0.15) is 0 Å². The zero-order valence-electron chi connectivity index (χ0n) is 9.40. The molecule has 2 rings (SSSR count). The fourth-order valence-corrected chi connectivity index (χ4v) is 2.65. The molecule has 4 nitrogen and oxygen atoms in total. The minimum absolute atomic E-state index is 0.647. The molecule has 0 radical (unpaired) electrons. The van der Waals surface area contributed by atoms with Crippen molar-refractivity contribution in [3.63, 3.8) is 0 Å². The fourth-order valence-electron chi connectivity index (χ4n) is 1.61. The molecule has 2 aliphatic rings. The first kappa shape index (κ1) is 11.2. The molecule has 0 amide bonds. The van der Waals surface area contributed by atoms with Gasteiger partial charge < -0.3 is 4.74 Å². The van der Waals surface area contributed by atoms with Crippen molar-refractivity contribution in [2.24, 2.45) is 10.9 Å². The average Bonchev–Trinajstić information content (AvgIpc) is 2.68. The van der Waals surface area contributed by atoms with Crippen molar-refractivity contribution in [3.8, 4) is 0 Å². The molecule has 1 unspecified atom stereocenters. The van der Waals surface area contributed by atoms with Crippen LogP contribution in [0.2, 0.25) is 0 Å². The lowest BCUT2D eigenvalue weighted by atomic mass is 10.1. The van der Waals surface area contributed by atoms with E-state index in [1.165, 1.54) is 0 Å². The van der Waals surface area contributed by atoms with Gasteiger partial charge in [0.2, 0.25) is 0 Å². The van der Waals surface area contributed by atoms with Crippen molar-refractivity contribution in [1.29, 1.82) is 0 Å². The summed E-state index contributed by atoms with van der Waals surface area (Å²) in [7, 11) is 0. The SMILES string of the molecule is CC(C)C1CN=C(NN2CCOCC2)S1. The fraction of sp³-hybridized carbons (Fsp3) is 0.900. The summed E-state index contributed by atoms with van der Waals surface area (Å²) in [6.45, 7) is 9.00. The van der Waals surface area contributed by atoms with Crippen molar-refractivity contribution >= 4 is 16.9 Å². The molecule has 2 heterocycles. The third kappa shape index (κ3) is 3.09. The summed E-state index contributed by atoms with van der Waals surface area (Å²) >= 11 is 1.87. The first-order chi connectivity index (χ1) is 7.25. The molecule has 0 saturated carbocycles. The van der Waals surface area contributed by atoms with Crippen LogP contribution in [0.1, 0.15) is 13.8 Å². The minimum Gasteiger partial charge on any atom is -0.379 e. The van der Waals surface area contributed by atoms with Crippen LogP contribution in [0.5, 0.6) is 0 Å². The molecule has 86 valence electrons. The molecule has 0 aromatic rings. The highest BCUT2D eigenvalue weighted by Crippen LogP contribution is 2.25. The molecule has 2 aliphatic heterocycles. The summed E-state index contributed by atoms with van der Waals surface area (Å²) in [5, 5.41) is 3.92. The molecule has 0 spiro atoms. The second kappa shape index (κ2) is 5.18. The zero-order valence-corrected chi connectivity index (χ0v) is 10.2. The average molecular weight is 229 g/mol. The van der Waals surface area contributed by atoms with Crippen LogP contribution in [-0.2, 0) is 4.74 Å². The Balaban J connectivity index is 1.76. The van der Waals surface area contributed by atoms with E-state index in [-0.39, 0.29) is 0 Å². The lowest BCUT2D eigenvalue weighted by Crippen LogP contribution is -2.47. The standard InChI is InChI=1S/C10H19N3OS/c1-8(2)9-7-11-10(15-9)12-13-3-5-14-6-4-13/h8-9H,3-7H2,1-2H3,(H,11,12). The van der Waals surface area contributed by atoms with Crippen LogP contribution >= 0.6 is 11.8 Å². The molecule has 0 bridgehead atoms. The van der Waals surface area contributed by atoms with E-state index in [0.717, 1.165) is 38.0 Å². The van der Waals surface area contributed by atoms with Crippen LogP contribution in [0, 0.1) is 5.92 Å². The lowest BCUT2D eigenvalue weighted by molar-refractivity contribution is 0.0254. The van der Waals surface area contributed by atoms with Gasteiger partial charge in [0.05, 0.1) is 19.8 Å². The maximum absolute atomic E-state index is 5.30. The zero-order chi connectivity index (χ0) is 10.7. The van der Waals surface area contributed by atoms with Crippen LogP contribution in [-0.4, -0.2) is 48.3 Å². The Bertz CT molecular complexity index is 239. The number of rotatable bonds is 2. The number of aliphatic imine (C=N–C) groups is 1. The van der Waals surface area contributed by atoms with Crippen molar-refractivity contribution < 1.29 is 4.74 Å². The summed E-state index contributed by atoms with van der Waals surface area (Å²) in [6, 6.07) is 0. The van der Waals surface area contributed by atoms with Crippen molar-refractivity contribution in [3.05, 3.63) is 0 Å². The van der Waals surface area contributed by atoms with Gasteiger partial charge in [-0.1, -0.05) is 25.6 Å². The van der Waals surface area contributed by atoms with Gasteiger partial charge in [-0.25, -0.2) is 5.01 Å². The number of hydrogen-bond donors (Lipinski definition) is 1. The first-order valence-corrected chi connectivity index (χ1v) is 6.44. The topological polar surface area (TPSA) is 36.9 Å². The number of morpholine rings is 1. The van der Waals surface area contributed by atoms with Gasteiger partial charge >= 0.3 is 0 Å². The quantitative estimate of drug-likeness (QED) is 0.765. The number of hydrazine groups is 1. The predicted octanol–water partition coefficient (Wildman–Crippen LogP) is 0.951. The molecular formula is C10H19N3OS. The minimum atomic E-state index is 0.647. The van der Waals surface area contributed by atoms with E-state index >= 15 is 0 Å². The number of nitrogens with one attached hydrogen (secondary N) is 1. The number of thioether (sulfide) groups is 1. The van der Waals surface area contributed by atoms with Gasteiger partial charge in [-0.05, 0) is 5.92 Å². The Morgan fingerprint density at radius 2 is 2.20 bits per heavy atom. The lowest BCUT2D eigenvalue weighted by Gasteiger charge is -2.27. The van der Waals surface area contributed by atoms with E-state index in [2.05, 4.69) is 29.3 Å². The van der Waals surface area contributed by atoms with Crippen LogP contribution in [0.15, 0.2) is 4.99 Å². The van der Waals surface area contributed by atoms with Gasteiger partial charge in [0.15, 0.2) is 5.17 Å². The second-order valence-corrected chi connectivity index (χ2v) is 5.49. The maximum atomic E-state index is 5.30. The molecule has 0 aromatic carbocycles. The summed E-state index contributed by atoms with van der Waals surface area (Å²) < 4.78 is 5.30. The Hall–Kier alpha value is -0.260. The molecule has 5 heteroatoms. The monoisotopic (exact) mass is 229 g/mol. The Kier molecular flexibility index (Phi) is 3.88. The van der Waals surface area contributed by atoms with E-state index in [9.17, 15) is 0 Å². The van der Waals surface area contributed by atoms with Crippen molar-refractivity contribution in [2.45, 2.75) is 19.1 Å². The maximum Gasteiger partial charge on any atom is 0.171 e. The highest BCUT2D eigenvalue weighted by molar-refractivity contribution is 8.14.